The van der Waals surface area contributed by atoms with E-state index in [1.54, 1.807) is 0 Å². The maximum absolute atomic E-state index is 13.6. The van der Waals surface area contributed by atoms with E-state index in [2.05, 4.69) is 56.5 Å². The zero-order chi connectivity index (χ0) is 23.1. The molecule has 1 aromatic heterocycles. The van der Waals surface area contributed by atoms with Crippen molar-refractivity contribution in [3.63, 3.8) is 0 Å². The number of H-pyrrole nitrogens is 1. The van der Waals surface area contributed by atoms with Gasteiger partial charge in [-0.25, -0.2) is 0 Å². The van der Waals surface area contributed by atoms with Crippen LogP contribution in [0, 0.1) is 0 Å². The van der Waals surface area contributed by atoms with Crippen LogP contribution in [0.4, 0.5) is 11.4 Å². The molecule has 7 heteroatoms. The van der Waals surface area contributed by atoms with E-state index in [1.165, 1.54) is 22.2 Å². The maximum atomic E-state index is 13.6. The number of aromatic amines is 1. The number of anilines is 2. The number of carbonyl (C=O) groups is 2. The van der Waals surface area contributed by atoms with Gasteiger partial charge in [0.15, 0.2) is 0 Å². The third kappa shape index (κ3) is 3.84. The van der Waals surface area contributed by atoms with Crippen LogP contribution in [0.25, 0.3) is 10.9 Å². The van der Waals surface area contributed by atoms with E-state index >= 15 is 0 Å². The number of nitrogens with zero attached hydrogens (tertiary/aromatic N) is 3. The van der Waals surface area contributed by atoms with Crippen LogP contribution >= 0.6 is 0 Å². The van der Waals surface area contributed by atoms with Gasteiger partial charge in [-0.05, 0) is 49.1 Å². The number of fused-ring (bicyclic) bond motifs is 2. The molecule has 3 aliphatic rings. The molecule has 6 rings (SSSR count). The number of hydrogen-bond acceptors (Lipinski definition) is 4. The van der Waals surface area contributed by atoms with Gasteiger partial charge in [0.1, 0.15) is 6.04 Å². The second-order valence-electron chi connectivity index (χ2n) is 9.69. The number of hydrogen-bond donors (Lipinski definition) is 2. The van der Waals surface area contributed by atoms with Gasteiger partial charge in [-0.3, -0.25) is 14.5 Å². The average molecular weight is 458 g/mol. The van der Waals surface area contributed by atoms with Crippen LogP contribution in [0.2, 0.25) is 0 Å². The van der Waals surface area contributed by atoms with Crippen LogP contribution in [0.5, 0.6) is 0 Å². The summed E-state index contributed by atoms with van der Waals surface area (Å²) in [7, 11) is 0. The molecule has 3 aliphatic heterocycles. The van der Waals surface area contributed by atoms with Crippen LogP contribution in [0.3, 0.4) is 0 Å². The van der Waals surface area contributed by atoms with Crippen molar-refractivity contribution in [1.82, 2.24) is 15.2 Å². The number of amides is 2. The Bertz CT molecular complexity index is 1210. The molecular weight excluding hydrogens is 426 g/mol. The Morgan fingerprint density at radius 3 is 2.56 bits per heavy atom. The number of carbonyl (C=O) groups excluding carboxylic acids is 2. The summed E-state index contributed by atoms with van der Waals surface area (Å²) in [5, 5.41) is 4.16. The highest BCUT2D eigenvalue weighted by Crippen LogP contribution is 2.33. The molecule has 4 heterocycles. The van der Waals surface area contributed by atoms with Gasteiger partial charge in [0.2, 0.25) is 11.8 Å². The maximum Gasteiger partial charge on any atom is 0.249 e. The molecule has 34 heavy (non-hydrogen) atoms. The first-order valence-electron chi connectivity index (χ1n) is 12.4. The van der Waals surface area contributed by atoms with Crippen molar-refractivity contribution >= 4 is 34.1 Å². The minimum absolute atomic E-state index is 0.0197. The van der Waals surface area contributed by atoms with E-state index in [4.69, 9.17) is 0 Å². The van der Waals surface area contributed by atoms with Crippen molar-refractivity contribution in [2.24, 2.45) is 0 Å². The van der Waals surface area contributed by atoms with Gasteiger partial charge in [0.05, 0.1) is 6.04 Å². The smallest absolute Gasteiger partial charge is 0.249 e. The van der Waals surface area contributed by atoms with Gasteiger partial charge in [-0.2, -0.15) is 0 Å². The van der Waals surface area contributed by atoms with Crippen molar-refractivity contribution in [2.75, 3.05) is 42.5 Å². The first-order valence-corrected chi connectivity index (χ1v) is 12.4. The molecule has 176 valence electrons. The zero-order valence-corrected chi connectivity index (χ0v) is 19.4. The highest BCUT2D eigenvalue weighted by Gasteiger charge is 2.38. The van der Waals surface area contributed by atoms with Crippen molar-refractivity contribution < 1.29 is 9.59 Å². The predicted molar refractivity (Wildman–Crippen MR) is 134 cm³/mol. The Labute approximate surface area is 199 Å². The normalized spacial score (nSPS) is 23.2. The highest BCUT2D eigenvalue weighted by atomic mass is 16.2. The molecule has 0 radical (unpaired) electrons. The lowest BCUT2D eigenvalue weighted by Crippen LogP contribution is -2.56. The van der Waals surface area contributed by atoms with Crippen molar-refractivity contribution in [1.29, 1.82) is 0 Å². The fourth-order valence-electron chi connectivity index (χ4n) is 5.86. The van der Waals surface area contributed by atoms with Gasteiger partial charge >= 0.3 is 0 Å². The number of piperazine rings is 1. The van der Waals surface area contributed by atoms with Crippen LogP contribution in [-0.4, -0.2) is 66.5 Å². The molecule has 1 unspecified atom stereocenters. The molecule has 2 fully saturated rings. The average Bonchev–Trinajstić information content (AvgIpc) is 3.53. The summed E-state index contributed by atoms with van der Waals surface area (Å²) >= 11 is 0. The van der Waals surface area contributed by atoms with E-state index in [0.29, 0.717) is 12.8 Å². The number of aryl methyl sites for hydroxylation is 1. The topological polar surface area (TPSA) is 71.7 Å². The van der Waals surface area contributed by atoms with Crippen molar-refractivity contribution in [3.05, 3.63) is 60.3 Å². The number of nitrogens with one attached hydrogen (secondary N) is 2. The van der Waals surface area contributed by atoms with Crippen LogP contribution in [0.15, 0.2) is 54.7 Å². The standard InChI is InChI=1S/C27H31N5O2/c33-26-11-10-23(29-26)27(34)32-20(9-8-19-4-1-2-6-24(19)32)18-30-14-16-31(17-15-30)25-7-3-5-22-21(25)12-13-28-22/h1-7,12-13,20,23,28H,8-11,14-18H2,(H,29,33)/t20?,23-/m1/s1. The predicted octanol–water partition coefficient (Wildman–Crippen LogP) is 2.92. The first kappa shape index (κ1) is 21.2. The summed E-state index contributed by atoms with van der Waals surface area (Å²) in [6.07, 6.45) is 4.96. The highest BCUT2D eigenvalue weighted by molar-refractivity contribution is 6.02. The molecule has 2 N–H and O–H groups in total. The molecule has 3 aromatic rings. The number of benzene rings is 2. The Kier molecular flexibility index (Phi) is 5.49. The van der Waals surface area contributed by atoms with Crippen LogP contribution < -0.4 is 15.1 Å². The summed E-state index contributed by atoms with van der Waals surface area (Å²) in [6, 6.07) is 16.6. The largest absolute Gasteiger partial charge is 0.368 e. The van der Waals surface area contributed by atoms with Crippen molar-refractivity contribution in [2.45, 2.75) is 37.8 Å². The lowest BCUT2D eigenvalue weighted by atomic mass is 9.94. The molecule has 2 amide bonds. The number of aromatic nitrogens is 1. The van der Waals surface area contributed by atoms with Gasteiger partial charge in [-0.1, -0.05) is 24.3 Å². The minimum atomic E-state index is -0.403. The molecule has 2 saturated heterocycles. The quantitative estimate of drug-likeness (QED) is 0.632. The van der Waals surface area contributed by atoms with Gasteiger partial charge < -0.3 is 20.1 Å². The molecule has 0 saturated carbocycles. The number of para-hydroxylation sites is 1. The molecule has 0 bridgehead atoms. The summed E-state index contributed by atoms with van der Waals surface area (Å²) in [6.45, 7) is 4.76. The summed E-state index contributed by atoms with van der Waals surface area (Å²) < 4.78 is 0. The Hall–Kier alpha value is -3.32. The van der Waals surface area contributed by atoms with Crippen molar-refractivity contribution in [3.8, 4) is 0 Å². The number of rotatable bonds is 4. The lowest BCUT2D eigenvalue weighted by Gasteiger charge is -2.43. The van der Waals surface area contributed by atoms with E-state index < -0.39 is 6.04 Å². The van der Waals surface area contributed by atoms with Gasteiger partial charge in [0, 0.05) is 67.6 Å². The molecule has 2 aromatic carbocycles. The third-order valence-corrected chi connectivity index (χ3v) is 7.65. The van der Waals surface area contributed by atoms with E-state index in [0.717, 1.165) is 51.3 Å². The second-order valence-corrected chi connectivity index (χ2v) is 9.69. The molecule has 2 atom stereocenters. The Morgan fingerprint density at radius 2 is 1.74 bits per heavy atom. The van der Waals surface area contributed by atoms with E-state index in [1.807, 2.05) is 23.2 Å². The van der Waals surface area contributed by atoms with E-state index in [-0.39, 0.29) is 17.9 Å². The Morgan fingerprint density at radius 1 is 0.912 bits per heavy atom. The lowest BCUT2D eigenvalue weighted by molar-refractivity contribution is -0.124. The SMILES string of the molecule is O=C1CC[C@H](C(=O)N2c3ccccc3CCC2CN2CCN(c3cccc4[nH]ccc34)CC2)N1. The fourth-order valence-corrected chi connectivity index (χ4v) is 5.86. The third-order valence-electron chi connectivity index (χ3n) is 7.65. The van der Waals surface area contributed by atoms with Crippen LogP contribution in [-0.2, 0) is 16.0 Å². The second kappa shape index (κ2) is 8.80. The van der Waals surface area contributed by atoms with Crippen LogP contribution in [0.1, 0.15) is 24.8 Å². The van der Waals surface area contributed by atoms with E-state index in [9.17, 15) is 9.59 Å². The van der Waals surface area contributed by atoms with Gasteiger partial charge in [-0.15, -0.1) is 0 Å². The first-order chi connectivity index (χ1) is 16.7. The summed E-state index contributed by atoms with van der Waals surface area (Å²) in [5.74, 6) is 0.0227. The molecule has 7 nitrogen and oxygen atoms in total. The molecule has 0 aliphatic carbocycles. The molecular formula is C27H31N5O2. The fraction of sp³-hybridized carbons (Fsp3) is 0.407. The van der Waals surface area contributed by atoms with Gasteiger partial charge in [0.25, 0.3) is 0 Å². The Balaban J connectivity index is 1.17. The summed E-state index contributed by atoms with van der Waals surface area (Å²) in [4.78, 5) is 35.7. The monoisotopic (exact) mass is 457 g/mol. The molecule has 0 spiro atoms. The zero-order valence-electron chi connectivity index (χ0n) is 19.4. The summed E-state index contributed by atoms with van der Waals surface area (Å²) in [5.41, 5.74) is 4.70. The minimum Gasteiger partial charge on any atom is -0.368 e.